The van der Waals surface area contributed by atoms with E-state index in [2.05, 4.69) is 10.6 Å². The van der Waals surface area contributed by atoms with Gasteiger partial charge < -0.3 is 20.1 Å². The highest BCUT2D eigenvalue weighted by Gasteiger charge is 2.04. The molecule has 0 fully saturated rings. The number of rotatable bonds is 8. The van der Waals surface area contributed by atoms with E-state index in [9.17, 15) is 4.79 Å². The fourth-order valence-corrected chi connectivity index (χ4v) is 1.72. The number of benzene rings is 1. The van der Waals surface area contributed by atoms with E-state index in [1.54, 1.807) is 14.2 Å². The molecule has 0 aliphatic rings. The Morgan fingerprint density at radius 2 is 1.84 bits per heavy atom. The lowest BCUT2D eigenvalue weighted by Gasteiger charge is -2.10. The van der Waals surface area contributed by atoms with Crippen molar-refractivity contribution in [3.05, 3.63) is 23.8 Å². The molecule has 1 aromatic rings. The minimum Gasteiger partial charge on any atom is -0.493 e. The fourth-order valence-electron chi connectivity index (χ4n) is 1.72. The zero-order valence-corrected chi connectivity index (χ0v) is 11.8. The van der Waals surface area contributed by atoms with E-state index < -0.39 is 0 Å². The van der Waals surface area contributed by atoms with E-state index in [1.807, 2.05) is 18.2 Å². The largest absolute Gasteiger partial charge is 0.493 e. The molecule has 0 aromatic heterocycles. The molecule has 0 spiro atoms. The molecule has 19 heavy (non-hydrogen) atoms. The lowest BCUT2D eigenvalue weighted by molar-refractivity contribution is -0.118. The first-order valence-electron chi connectivity index (χ1n) is 6.33. The van der Waals surface area contributed by atoms with Gasteiger partial charge in [-0.3, -0.25) is 4.79 Å². The van der Waals surface area contributed by atoms with Crippen LogP contribution in [0.3, 0.4) is 0 Å². The van der Waals surface area contributed by atoms with Gasteiger partial charge in [-0.2, -0.15) is 0 Å². The first kappa shape index (κ1) is 15.3. The number of ether oxygens (including phenoxy) is 2. The maximum absolute atomic E-state index is 10.7. The van der Waals surface area contributed by atoms with Crippen LogP contribution in [0.15, 0.2) is 18.2 Å². The van der Waals surface area contributed by atoms with Gasteiger partial charge in [0.1, 0.15) is 0 Å². The summed E-state index contributed by atoms with van der Waals surface area (Å²) in [5, 5.41) is 6.01. The van der Waals surface area contributed by atoms with Gasteiger partial charge in [0, 0.05) is 20.0 Å². The smallest absolute Gasteiger partial charge is 0.216 e. The molecule has 0 saturated heterocycles. The summed E-state index contributed by atoms with van der Waals surface area (Å²) >= 11 is 0. The molecule has 1 aromatic carbocycles. The van der Waals surface area contributed by atoms with Crippen molar-refractivity contribution >= 4 is 5.91 Å². The Morgan fingerprint density at radius 3 is 2.47 bits per heavy atom. The quantitative estimate of drug-likeness (QED) is 0.688. The monoisotopic (exact) mass is 266 g/mol. The molecule has 0 aliphatic heterocycles. The van der Waals surface area contributed by atoms with Crippen LogP contribution in [0.5, 0.6) is 11.5 Å². The van der Waals surface area contributed by atoms with Crippen molar-refractivity contribution in [3.8, 4) is 11.5 Å². The maximum atomic E-state index is 10.7. The first-order valence-corrected chi connectivity index (χ1v) is 6.33. The van der Waals surface area contributed by atoms with Gasteiger partial charge in [-0.05, 0) is 30.7 Å². The molecule has 1 amide bonds. The van der Waals surface area contributed by atoms with Crippen molar-refractivity contribution in [1.82, 2.24) is 10.6 Å². The van der Waals surface area contributed by atoms with E-state index in [-0.39, 0.29) is 5.91 Å². The molecule has 0 heterocycles. The Balaban J connectivity index is 2.31. The second-order valence-corrected chi connectivity index (χ2v) is 4.17. The molecule has 0 radical (unpaired) electrons. The van der Waals surface area contributed by atoms with Crippen molar-refractivity contribution in [2.45, 2.75) is 13.3 Å². The normalized spacial score (nSPS) is 10.1. The molecule has 0 aliphatic carbocycles. The molecule has 0 saturated carbocycles. The minimum absolute atomic E-state index is 0.00157. The van der Waals surface area contributed by atoms with Gasteiger partial charge in [0.25, 0.3) is 0 Å². The molecule has 0 bridgehead atoms. The van der Waals surface area contributed by atoms with Crippen LogP contribution < -0.4 is 20.1 Å². The summed E-state index contributed by atoms with van der Waals surface area (Å²) in [6.45, 7) is 3.80. The molecule has 0 atom stereocenters. The van der Waals surface area contributed by atoms with Crippen LogP contribution in [0.4, 0.5) is 0 Å². The van der Waals surface area contributed by atoms with Crippen molar-refractivity contribution in [1.29, 1.82) is 0 Å². The third-order valence-electron chi connectivity index (χ3n) is 2.71. The average molecular weight is 266 g/mol. The van der Waals surface area contributed by atoms with Gasteiger partial charge in [-0.25, -0.2) is 0 Å². The number of carbonyl (C=O) groups excluding carboxylic acids is 1. The summed E-state index contributed by atoms with van der Waals surface area (Å²) in [5.41, 5.74) is 1.18. The molecule has 106 valence electrons. The number of amides is 1. The van der Waals surface area contributed by atoms with E-state index in [1.165, 1.54) is 12.5 Å². The van der Waals surface area contributed by atoms with E-state index in [0.29, 0.717) is 6.54 Å². The number of hydrogen-bond donors (Lipinski definition) is 2. The molecule has 5 nitrogen and oxygen atoms in total. The summed E-state index contributed by atoms with van der Waals surface area (Å²) in [7, 11) is 3.26. The Bertz CT molecular complexity index is 408. The molecule has 1 rings (SSSR count). The van der Waals surface area contributed by atoms with E-state index in [4.69, 9.17) is 9.47 Å². The van der Waals surface area contributed by atoms with Gasteiger partial charge >= 0.3 is 0 Å². The number of nitrogens with one attached hydrogen (secondary N) is 2. The van der Waals surface area contributed by atoms with Gasteiger partial charge in [0.05, 0.1) is 14.2 Å². The van der Waals surface area contributed by atoms with Crippen LogP contribution in [0.1, 0.15) is 12.5 Å². The third-order valence-corrected chi connectivity index (χ3v) is 2.71. The summed E-state index contributed by atoms with van der Waals surface area (Å²) in [4.78, 5) is 10.7. The van der Waals surface area contributed by atoms with Gasteiger partial charge in [-0.1, -0.05) is 6.07 Å². The minimum atomic E-state index is 0.00157. The first-order chi connectivity index (χ1) is 9.17. The third kappa shape index (κ3) is 5.61. The zero-order valence-electron chi connectivity index (χ0n) is 11.8. The number of methoxy groups -OCH3 is 2. The van der Waals surface area contributed by atoms with Crippen molar-refractivity contribution in [3.63, 3.8) is 0 Å². The second-order valence-electron chi connectivity index (χ2n) is 4.17. The summed E-state index contributed by atoms with van der Waals surface area (Å²) in [6.07, 6.45) is 0.903. The predicted molar refractivity (Wildman–Crippen MR) is 74.8 cm³/mol. The Hall–Kier alpha value is -1.75. The van der Waals surface area contributed by atoms with Crippen molar-refractivity contribution < 1.29 is 14.3 Å². The summed E-state index contributed by atoms with van der Waals surface area (Å²) < 4.78 is 10.4. The highest BCUT2D eigenvalue weighted by molar-refractivity contribution is 5.72. The summed E-state index contributed by atoms with van der Waals surface area (Å²) in [6, 6.07) is 5.91. The zero-order chi connectivity index (χ0) is 14.1. The van der Waals surface area contributed by atoms with Crippen molar-refractivity contribution in [2.24, 2.45) is 0 Å². The van der Waals surface area contributed by atoms with Crippen molar-refractivity contribution in [2.75, 3.05) is 33.9 Å². The van der Waals surface area contributed by atoms with E-state index >= 15 is 0 Å². The van der Waals surface area contributed by atoms with Gasteiger partial charge in [0.2, 0.25) is 5.91 Å². The van der Waals surface area contributed by atoms with Gasteiger partial charge in [-0.15, -0.1) is 0 Å². The number of carbonyl (C=O) groups is 1. The lowest BCUT2D eigenvalue weighted by Crippen LogP contribution is -2.31. The van der Waals surface area contributed by atoms with E-state index in [0.717, 1.165) is 31.0 Å². The predicted octanol–water partition coefficient (Wildman–Crippen LogP) is 0.972. The van der Waals surface area contributed by atoms with Crippen LogP contribution in [0.2, 0.25) is 0 Å². The SMILES string of the molecule is COc1ccc(CCNCCNC(C)=O)cc1OC. The Morgan fingerprint density at radius 1 is 1.11 bits per heavy atom. The lowest BCUT2D eigenvalue weighted by atomic mass is 10.1. The molecular formula is C14H22N2O3. The summed E-state index contributed by atoms with van der Waals surface area (Å²) in [5.74, 6) is 1.49. The fraction of sp³-hybridized carbons (Fsp3) is 0.500. The highest BCUT2D eigenvalue weighted by atomic mass is 16.5. The second kappa shape index (κ2) is 8.37. The van der Waals surface area contributed by atoms with Crippen LogP contribution in [-0.2, 0) is 11.2 Å². The van der Waals surface area contributed by atoms with Crippen LogP contribution >= 0.6 is 0 Å². The highest BCUT2D eigenvalue weighted by Crippen LogP contribution is 2.27. The maximum Gasteiger partial charge on any atom is 0.216 e. The molecular weight excluding hydrogens is 244 g/mol. The molecule has 2 N–H and O–H groups in total. The topological polar surface area (TPSA) is 59.6 Å². The molecule has 5 heteroatoms. The van der Waals surface area contributed by atoms with Crippen LogP contribution in [0.25, 0.3) is 0 Å². The molecule has 0 unspecified atom stereocenters. The Labute approximate surface area is 114 Å². The van der Waals surface area contributed by atoms with Crippen LogP contribution in [0, 0.1) is 0 Å². The standard InChI is InChI=1S/C14H22N2O3/c1-11(17)16-9-8-15-7-6-12-4-5-13(18-2)14(10-12)19-3/h4-5,10,15H,6-9H2,1-3H3,(H,16,17). The van der Waals surface area contributed by atoms with Crippen LogP contribution in [-0.4, -0.2) is 39.8 Å². The number of hydrogen-bond acceptors (Lipinski definition) is 4. The average Bonchev–Trinajstić information content (AvgIpc) is 2.42. The Kier molecular flexibility index (Phi) is 6.74. The van der Waals surface area contributed by atoms with Gasteiger partial charge in [0.15, 0.2) is 11.5 Å².